The van der Waals surface area contributed by atoms with Crippen LogP contribution in [0.15, 0.2) is 41.5 Å². The van der Waals surface area contributed by atoms with Gasteiger partial charge in [0.15, 0.2) is 6.04 Å². The standard InChI is InChI=1S/C23H20F7N5O3/c1-21(24,25)12-9-14(17(23(28,29)30)33-18-13(20(37)38)3-2-6-31-18)19-32-15(10-16(36)35(19)11-12)34-7-4-22(26,27)5-8-34/h2-3,6,9-11,17H,4-5,7-8H2,1H3,(H,31,33)(H,37,38)/t17-/m0/s1. The predicted octanol–water partition coefficient (Wildman–Crippen LogP) is 4.85. The van der Waals surface area contributed by atoms with E-state index in [-0.39, 0.29) is 18.9 Å². The van der Waals surface area contributed by atoms with Crippen LogP contribution < -0.4 is 15.8 Å². The van der Waals surface area contributed by atoms with Crippen molar-refractivity contribution in [2.24, 2.45) is 0 Å². The number of rotatable bonds is 6. The van der Waals surface area contributed by atoms with Crippen molar-refractivity contribution >= 4 is 23.3 Å². The number of aromatic carboxylic acids is 1. The number of nitrogens with zero attached hydrogens (tertiary/aromatic N) is 4. The van der Waals surface area contributed by atoms with E-state index in [2.05, 4.69) is 9.97 Å². The van der Waals surface area contributed by atoms with Gasteiger partial charge in [-0.1, -0.05) is 0 Å². The highest BCUT2D eigenvalue weighted by molar-refractivity contribution is 5.93. The quantitative estimate of drug-likeness (QED) is 0.426. The number of carbonyl (C=O) groups is 1. The Hall–Kier alpha value is -3.91. The number of piperidine rings is 1. The third-order valence-electron chi connectivity index (χ3n) is 6.06. The van der Waals surface area contributed by atoms with E-state index in [1.807, 2.05) is 5.32 Å². The molecule has 3 aromatic rings. The molecule has 0 bridgehead atoms. The molecule has 204 valence electrons. The minimum atomic E-state index is -5.21. The van der Waals surface area contributed by atoms with Gasteiger partial charge in [-0.25, -0.2) is 32.3 Å². The molecule has 0 amide bonds. The van der Waals surface area contributed by atoms with Crippen LogP contribution in [0.25, 0.3) is 5.65 Å². The second kappa shape index (κ2) is 9.44. The lowest BCUT2D eigenvalue weighted by Gasteiger charge is -2.32. The molecule has 2 N–H and O–H groups in total. The zero-order valence-electron chi connectivity index (χ0n) is 19.6. The van der Waals surface area contributed by atoms with Gasteiger partial charge >= 0.3 is 12.1 Å². The molecule has 4 rings (SSSR count). The Kier molecular flexibility index (Phi) is 6.74. The summed E-state index contributed by atoms with van der Waals surface area (Å²) in [6.07, 6.45) is -4.68. The first-order chi connectivity index (χ1) is 17.6. The molecule has 0 radical (unpaired) electrons. The number of carboxylic acids is 1. The first kappa shape index (κ1) is 27.1. The maximum Gasteiger partial charge on any atom is 0.412 e. The Morgan fingerprint density at radius 2 is 1.82 bits per heavy atom. The van der Waals surface area contributed by atoms with Gasteiger partial charge in [0.25, 0.3) is 17.4 Å². The molecule has 0 spiro atoms. The number of carboxylic acid groups (broad SMARTS) is 1. The van der Waals surface area contributed by atoms with Gasteiger partial charge in [0, 0.05) is 62.4 Å². The summed E-state index contributed by atoms with van der Waals surface area (Å²) >= 11 is 0. The number of anilines is 2. The lowest BCUT2D eigenvalue weighted by atomic mass is 10.0. The second-order valence-corrected chi connectivity index (χ2v) is 8.89. The maximum atomic E-state index is 14.4. The minimum absolute atomic E-state index is 0.201. The monoisotopic (exact) mass is 547 g/mol. The van der Waals surface area contributed by atoms with E-state index in [9.17, 15) is 45.4 Å². The van der Waals surface area contributed by atoms with Gasteiger partial charge in [-0.2, -0.15) is 13.2 Å². The molecule has 0 saturated carbocycles. The van der Waals surface area contributed by atoms with Crippen molar-refractivity contribution in [2.45, 2.75) is 43.8 Å². The summed E-state index contributed by atoms with van der Waals surface area (Å²) in [6, 6.07) is 0.730. The van der Waals surface area contributed by atoms with Gasteiger partial charge in [0.05, 0.1) is 0 Å². The highest BCUT2D eigenvalue weighted by Crippen LogP contribution is 2.40. The summed E-state index contributed by atoms with van der Waals surface area (Å²) in [4.78, 5) is 33.4. The smallest absolute Gasteiger partial charge is 0.412 e. The Balaban J connectivity index is 1.94. The molecule has 1 atom stereocenters. The van der Waals surface area contributed by atoms with Gasteiger partial charge in [-0.3, -0.25) is 9.20 Å². The van der Waals surface area contributed by atoms with Gasteiger partial charge < -0.3 is 15.3 Å². The molecule has 15 heteroatoms. The zero-order chi connectivity index (χ0) is 28.0. The van der Waals surface area contributed by atoms with Crippen molar-refractivity contribution in [3.05, 3.63) is 63.7 Å². The average Bonchev–Trinajstić information content (AvgIpc) is 2.81. The van der Waals surface area contributed by atoms with Crippen LogP contribution in [0.1, 0.15) is 47.3 Å². The number of aromatic nitrogens is 3. The number of fused-ring (bicyclic) bond motifs is 1. The maximum absolute atomic E-state index is 14.4. The lowest BCUT2D eigenvalue weighted by Crippen LogP contribution is -2.40. The topological polar surface area (TPSA) is 99.8 Å². The molecule has 0 aromatic carbocycles. The molecule has 0 aliphatic carbocycles. The number of pyridine rings is 2. The molecule has 38 heavy (non-hydrogen) atoms. The summed E-state index contributed by atoms with van der Waals surface area (Å²) in [6.45, 7) is -0.0597. The normalized spacial score (nSPS) is 16.9. The molecule has 8 nitrogen and oxygen atoms in total. The summed E-state index contributed by atoms with van der Waals surface area (Å²) in [5, 5.41) is 11.3. The van der Waals surface area contributed by atoms with Crippen LogP contribution in [-0.2, 0) is 5.92 Å². The minimum Gasteiger partial charge on any atom is -0.478 e. The van der Waals surface area contributed by atoms with Crippen LogP contribution in [0.5, 0.6) is 0 Å². The average molecular weight is 547 g/mol. The van der Waals surface area contributed by atoms with Crippen LogP contribution in [0, 0.1) is 0 Å². The van der Waals surface area contributed by atoms with Crippen molar-refractivity contribution in [3.8, 4) is 0 Å². The van der Waals surface area contributed by atoms with Crippen molar-refractivity contribution in [1.29, 1.82) is 0 Å². The van der Waals surface area contributed by atoms with Crippen LogP contribution >= 0.6 is 0 Å². The molecular weight excluding hydrogens is 527 g/mol. The molecule has 1 aliphatic heterocycles. The van der Waals surface area contributed by atoms with Crippen molar-refractivity contribution < 1.29 is 40.6 Å². The first-order valence-electron chi connectivity index (χ1n) is 11.2. The molecule has 1 aliphatic rings. The van der Waals surface area contributed by atoms with E-state index in [1.54, 1.807) is 0 Å². The van der Waals surface area contributed by atoms with E-state index in [4.69, 9.17) is 0 Å². The van der Waals surface area contributed by atoms with Crippen molar-refractivity contribution in [2.75, 3.05) is 23.3 Å². The van der Waals surface area contributed by atoms with Gasteiger partial charge in [0.2, 0.25) is 0 Å². The molecule has 0 unspecified atom stereocenters. The predicted molar refractivity (Wildman–Crippen MR) is 121 cm³/mol. The summed E-state index contributed by atoms with van der Waals surface area (Å²) in [7, 11) is 0. The highest BCUT2D eigenvalue weighted by atomic mass is 19.4. The van der Waals surface area contributed by atoms with Gasteiger partial charge in [-0.05, 0) is 18.2 Å². The molecule has 4 heterocycles. The zero-order valence-corrected chi connectivity index (χ0v) is 19.6. The Morgan fingerprint density at radius 3 is 2.39 bits per heavy atom. The van der Waals surface area contributed by atoms with E-state index in [0.717, 1.165) is 18.3 Å². The van der Waals surface area contributed by atoms with Gasteiger partial charge in [0.1, 0.15) is 22.8 Å². The van der Waals surface area contributed by atoms with Gasteiger partial charge in [-0.15, -0.1) is 0 Å². The fourth-order valence-electron chi connectivity index (χ4n) is 4.06. The Labute approximate surface area is 209 Å². The van der Waals surface area contributed by atoms with Crippen LogP contribution in [-0.4, -0.2) is 50.6 Å². The van der Waals surface area contributed by atoms with Crippen molar-refractivity contribution in [3.63, 3.8) is 0 Å². The summed E-state index contributed by atoms with van der Waals surface area (Å²) < 4.78 is 99.5. The van der Waals surface area contributed by atoms with E-state index in [1.165, 1.54) is 11.0 Å². The lowest BCUT2D eigenvalue weighted by molar-refractivity contribution is -0.144. The molecule has 1 saturated heterocycles. The number of hydrogen-bond acceptors (Lipinski definition) is 6. The fraction of sp³-hybridized carbons (Fsp3) is 0.391. The molecule has 1 fully saturated rings. The number of alkyl halides is 7. The Bertz CT molecular complexity index is 1430. The van der Waals surface area contributed by atoms with Crippen LogP contribution in [0.3, 0.4) is 0 Å². The third kappa shape index (κ3) is 5.50. The fourth-order valence-corrected chi connectivity index (χ4v) is 4.06. The van der Waals surface area contributed by atoms with Crippen LogP contribution in [0.4, 0.5) is 42.4 Å². The van der Waals surface area contributed by atoms with E-state index < -0.39 is 76.6 Å². The van der Waals surface area contributed by atoms with E-state index in [0.29, 0.717) is 23.6 Å². The number of halogens is 7. The number of hydrogen-bond donors (Lipinski definition) is 2. The van der Waals surface area contributed by atoms with E-state index >= 15 is 0 Å². The highest BCUT2D eigenvalue weighted by Gasteiger charge is 2.44. The first-order valence-corrected chi connectivity index (χ1v) is 11.2. The molecule has 3 aromatic heterocycles. The Morgan fingerprint density at radius 1 is 1.16 bits per heavy atom. The SMILES string of the molecule is CC(F)(F)c1cc([C@H](Nc2ncccc2C(=O)O)C(F)(F)F)c2nc(N3CCC(F)(F)CC3)cc(=O)n2c1. The van der Waals surface area contributed by atoms with Crippen LogP contribution in [0.2, 0.25) is 0 Å². The number of nitrogens with one attached hydrogen (secondary N) is 1. The largest absolute Gasteiger partial charge is 0.478 e. The second-order valence-electron chi connectivity index (χ2n) is 8.89. The van der Waals surface area contributed by atoms with Crippen molar-refractivity contribution in [1.82, 2.24) is 14.4 Å². The summed E-state index contributed by atoms with van der Waals surface area (Å²) in [5.74, 6) is -9.13. The third-order valence-corrected chi connectivity index (χ3v) is 6.06. The summed E-state index contributed by atoms with van der Waals surface area (Å²) in [5.41, 5.74) is -4.16. The molecular formula is C23H20F7N5O3.